The molecule has 3 amide bonds. The highest BCUT2D eigenvalue weighted by molar-refractivity contribution is 7.99. The molecule has 1 aliphatic heterocycles. The second-order valence-electron chi connectivity index (χ2n) is 14.3. The van der Waals surface area contributed by atoms with Crippen LogP contribution < -0.4 is 26.0 Å². The van der Waals surface area contributed by atoms with E-state index in [2.05, 4.69) is 55.1 Å². The van der Waals surface area contributed by atoms with E-state index in [0.29, 0.717) is 46.9 Å². The number of aromatic nitrogens is 6. The number of anilines is 3. The summed E-state index contributed by atoms with van der Waals surface area (Å²) in [4.78, 5) is 36.3. The third-order valence-corrected chi connectivity index (χ3v) is 11.0. The topological polar surface area (TPSA) is 181 Å². The summed E-state index contributed by atoms with van der Waals surface area (Å²) in [6.45, 7) is 8.04. The van der Waals surface area contributed by atoms with E-state index >= 15 is 4.39 Å². The second-order valence-corrected chi connectivity index (χ2v) is 15.4. The fourth-order valence-electron chi connectivity index (χ4n) is 7.27. The number of benzene rings is 3. The van der Waals surface area contributed by atoms with Crippen LogP contribution in [0.15, 0.2) is 83.0 Å². The van der Waals surface area contributed by atoms with E-state index in [1.807, 2.05) is 59.0 Å². The van der Waals surface area contributed by atoms with Gasteiger partial charge in [0.1, 0.15) is 17.8 Å². The van der Waals surface area contributed by atoms with Crippen molar-refractivity contribution in [2.24, 2.45) is 18.7 Å². The molecular weight excluding hydrogens is 758 g/mol. The number of nitrogens with two attached hydrogens (primary N) is 1. The minimum atomic E-state index is -0.450. The number of nitrogens with zero attached hydrogens (tertiary/aromatic N) is 7. The molecule has 2 aliphatic rings. The third-order valence-electron chi connectivity index (χ3n) is 10.0. The van der Waals surface area contributed by atoms with Gasteiger partial charge in [-0.15, -0.1) is 5.10 Å². The zero-order valence-corrected chi connectivity index (χ0v) is 33.8. The van der Waals surface area contributed by atoms with Crippen molar-refractivity contribution in [1.29, 1.82) is 5.41 Å². The lowest BCUT2D eigenvalue weighted by molar-refractivity contribution is -0.120. The molecule has 2 fully saturated rings. The highest BCUT2D eigenvalue weighted by Crippen LogP contribution is 2.45. The number of carbonyl (C=O) groups is 2. The number of hydrogen-bond acceptors (Lipinski definition) is 11. The Kier molecular flexibility index (Phi) is 11.7. The van der Waals surface area contributed by atoms with Crippen molar-refractivity contribution >= 4 is 69.5 Å². The number of urea groups is 1. The average Bonchev–Trinajstić information content (AvgIpc) is 3.76. The number of hydrogen-bond donors (Lipinski definition) is 4. The first-order chi connectivity index (χ1) is 28.1. The fourth-order valence-corrected chi connectivity index (χ4v) is 8.20. The maximum atomic E-state index is 15.5. The van der Waals surface area contributed by atoms with E-state index in [-0.39, 0.29) is 30.1 Å². The Morgan fingerprint density at radius 2 is 1.90 bits per heavy atom. The van der Waals surface area contributed by atoms with Gasteiger partial charge in [0.05, 0.1) is 17.3 Å². The molecule has 58 heavy (non-hydrogen) atoms. The lowest BCUT2D eigenvalue weighted by Gasteiger charge is -2.36. The van der Waals surface area contributed by atoms with Crippen molar-refractivity contribution in [2.75, 3.05) is 16.8 Å². The monoisotopic (exact) mass is 803 g/mol. The van der Waals surface area contributed by atoms with Gasteiger partial charge in [-0.05, 0) is 98.5 Å². The maximum Gasteiger partial charge on any atom is 0.329 e. The first-order valence-electron chi connectivity index (χ1n) is 19.3. The number of aryl methyl sites for hydroxylation is 1. The minimum absolute atomic E-state index is 0.158. The van der Waals surface area contributed by atoms with E-state index in [1.165, 1.54) is 50.9 Å². The predicted octanol–water partition coefficient (Wildman–Crippen LogP) is 7.99. The van der Waals surface area contributed by atoms with Crippen molar-refractivity contribution in [2.45, 2.75) is 75.2 Å². The van der Waals surface area contributed by atoms with Crippen molar-refractivity contribution < 1.29 is 18.7 Å². The lowest BCUT2D eigenvalue weighted by Crippen LogP contribution is -2.49. The van der Waals surface area contributed by atoms with E-state index in [4.69, 9.17) is 15.9 Å². The van der Waals surface area contributed by atoms with Gasteiger partial charge < -0.3 is 21.2 Å². The van der Waals surface area contributed by atoms with Crippen molar-refractivity contribution in [3.63, 3.8) is 0 Å². The van der Waals surface area contributed by atoms with Crippen LogP contribution in [0.1, 0.15) is 69.7 Å². The van der Waals surface area contributed by atoms with Gasteiger partial charge in [-0.2, -0.15) is 14.6 Å². The molecule has 3 aromatic heterocycles. The molecule has 4 heterocycles. The third kappa shape index (κ3) is 8.23. The number of fused-ring (bicyclic) bond motifs is 2. The molecule has 0 spiro atoms. The Morgan fingerprint density at radius 1 is 1.10 bits per heavy atom. The standard InChI is InChI=1S/C40H40FN11O3S.C2H6/c1-22(2)55-36-35(27(19-42)20-43)44-21-52-38(36)47-39(49-52)45-32-10-8-29(18-31(32)41)56-28-6-4-5-23(16-28)13-24-14-26(15-24)25-7-9-30-33(17-25)50(3)48-37(30)51-12-11-34(53)46-40(51)54;1-2/h4-10,16-22,24,26,42H,11-15,43H2,1-3H3,(H,45,49)(H,46,53,54);1-2H3/b27-20+,42-19?;. The molecule has 16 heteroatoms. The van der Waals surface area contributed by atoms with Crippen LogP contribution in [0.25, 0.3) is 22.1 Å². The Labute approximate surface area is 339 Å². The number of halogens is 1. The highest BCUT2D eigenvalue weighted by atomic mass is 32.2. The van der Waals surface area contributed by atoms with Crippen LogP contribution in [0.4, 0.5) is 26.6 Å². The number of ether oxygens (including phenoxy) is 1. The van der Waals surface area contributed by atoms with Gasteiger partial charge in [0, 0.05) is 53.2 Å². The molecule has 0 radical (unpaired) electrons. The quantitative estimate of drug-likeness (QED) is 0.0886. The van der Waals surface area contributed by atoms with Gasteiger partial charge in [0.25, 0.3) is 0 Å². The number of carbonyl (C=O) groups excluding carboxylic acids is 2. The highest BCUT2D eigenvalue weighted by Gasteiger charge is 2.32. The SMILES string of the molecule is CC.CC(C)Oc1c(/C(C=N)=C/N)ncn2nc(Nc3ccc(Sc4cccc(CC5CC(c6ccc7c(N8CCC(=O)NC8=O)nn(C)c7c6)C5)c4)cc3F)nc12. The first-order valence-corrected chi connectivity index (χ1v) is 20.1. The summed E-state index contributed by atoms with van der Waals surface area (Å²) < 4.78 is 24.7. The molecule has 0 bridgehead atoms. The number of amides is 3. The van der Waals surface area contributed by atoms with Crippen LogP contribution in [-0.4, -0.2) is 60.2 Å². The molecule has 1 aliphatic carbocycles. The maximum absolute atomic E-state index is 15.5. The summed E-state index contributed by atoms with van der Waals surface area (Å²) >= 11 is 1.50. The fraction of sp³-hybridized carbons (Fsp3) is 0.310. The first kappa shape index (κ1) is 39.9. The number of nitrogens with one attached hydrogen (secondary N) is 3. The van der Waals surface area contributed by atoms with E-state index in [0.717, 1.165) is 46.2 Å². The molecule has 6 aromatic rings. The van der Waals surface area contributed by atoms with Crippen LogP contribution >= 0.6 is 11.8 Å². The van der Waals surface area contributed by atoms with Gasteiger partial charge >= 0.3 is 6.03 Å². The van der Waals surface area contributed by atoms with Gasteiger partial charge in [0.2, 0.25) is 17.5 Å². The molecule has 1 saturated carbocycles. The molecule has 1 saturated heterocycles. The molecule has 3 aromatic carbocycles. The van der Waals surface area contributed by atoms with Gasteiger partial charge in [0.15, 0.2) is 11.6 Å². The normalized spacial score (nSPS) is 16.9. The second kappa shape index (κ2) is 17.1. The molecule has 0 unspecified atom stereocenters. The van der Waals surface area contributed by atoms with Crippen molar-refractivity contribution in [1.82, 2.24) is 34.7 Å². The molecule has 0 atom stereocenters. The van der Waals surface area contributed by atoms with Crippen LogP contribution in [0.3, 0.4) is 0 Å². The smallest absolute Gasteiger partial charge is 0.329 e. The Hall–Kier alpha value is -6.29. The van der Waals surface area contributed by atoms with Crippen molar-refractivity contribution in [3.8, 4) is 5.75 Å². The molecule has 300 valence electrons. The zero-order valence-electron chi connectivity index (χ0n) is 33.0. The summed E-state index contributed by atoms with van der Waals surface area (Å²) in [6.07, 6.45) is 6.96. The average molecular weight is 804 g/mol. The minimum Gasteiger partial charge on any atom is -0.485 e. The van der Waals surface area contributed by atoms with Crippen LogP contribution in [0.2, 0.25) is 0 Å². The summed E-state index contributed by atoms with van der Waals surface area (Å²) in [5.41, 5.74) is 10.5. The number of rotatable bonds is 12. The Bertz CT molecular complexity index is 2540. The predicted molar refractivity (Wildman–Crippen MR) is 224 cm³/mol. The zero-order chi connectivity index (χ0) is 41.1. The number of allylic oxidation sites excluding steroid dienone is 1. The molecule has 5 N–H and O–H groups in total. The van der Waals surface area contributed by atoms with Crippen LogP contribution in [0.5, 0.6) is 5.75 Å². The molecule has 14 nitrogen and oxygen atoms in total. The van der Waals surface area contributed by atoms with Gasteiger partial charge in [-0.3, -0.25) is 19.7 Å². The Balaban J connectivity index is 0.00000252. The van der Waals surface area contributed by atoms with E-state index in [1.54, 1.807) is 10.7 Å². The Morgan fingerprint density at radius 3 is 2.62 bits per heavy atom. The molecule has 8 rings (SSSR count). The summed E-state index contributed by atoms with van der Waals surface area (Å²) in [5, 5.41) is 23.0. The summed E-state index contributed by atoms with van der Waals surface area (Å²) in [7, 11) is 1.88. The van der Waals surface area contributed by atoms with Gasteiger partial charge in [-0.1, -0.05) is 43.8 Å². The number of imide groups is 1. The molecular formula is C42H46FN11O3S. The van der Waals surface area contributed by atoms with Crippen LogP contribution in [0, 0.1) is 17.1 Å². The summed E-state index contributed by atoms with van der Waals surface area (Å²) in [5.74, 6) is 1.32. The van der Waals surface area contributed by atoms with Gasteiger partial charge in [-0.25, -0.2) is 14.2 Å². The van der Waals surface area contributed by atoms with Crippen LogP contribution in [-0.2, 0) is 18.3 Å². The van der Waals surface area contributed by atoms with E-state index in [9.17, 15) is 9.59 Å². The van der Waals surface area contributed by atoms with Crippen molar-refractivity contribution in [3.05, 3.63) is 95.8 Å². The lowest BCUT2D eigenvalue weighted by atomic mass is 9.69. The summed E-state index contributed by atoms with van der Waals surface area (Å²) in [6, 6.07) is 19.3. The van der Waals surface area contributed by atoms with E-state index < -0.39 is 11.8 Å². The largest absolute Gasteiger partial charge is 0.485 e.